The van der Waals surface area contributed by atoms with Crippen molar-refractivity contribution >= 4 is 17.2 Å². The molecule has 0 bridgehead atoms. The Morgan fingerprint density at radius 2 is 2.19 bits per heavy atom. The lowest BCUT2D eigenvalue weighted by Gasteiger charge is -2.24. The zero-order valence-electron chi connectivity index (χ0n) is 12.4. The first kappa shape index (κ1) is 15.7. The van der Waals surface area contributed by atoms with Gasteiger partial charge in [0.15, 0.2) is 0 Å². The van der Waals surface area contributed by atoms with E-state index in [1.54, 1.807) is 17.4 Å². The van der Waals surface area contributed by atoms with Crippen LogP contribution in [0.4, 0.5) is 0 Å². The number of hydrogen-bond acceptors (Lipinski definition) is 4. The fourth-order valence-corrected chi connectivity index (χ4v) is 3.04. The number of carbonyl (C=O) groups is 1. The third-order valence-corrected chi connectivity index (χ3v) is 4.48. The van der Waals surface area contributed by atoms with Crippen LogP contribution in [-0.2, 0) is 13.0 Å². The van der Waals surface area contributed by atoms with E-state index in [0.717, 1.165) is 18.5 Å². The van der Waals surface area contributed by atoms with Crippen LogP contribution in [0.15, 0.2) is 41.8 Å². The number of hydrogen-bond donors (Lipinski definition) is 2. The number of rotatable bonds is 6. The highest BCUT2D eigenvalue weighted by atomic mass is 32.1. The van der Waals surface area contributed by atoms with Gasteiger partial charge < -0.3 is 0 Å². The number of nitrogen functional groups attached to an aromatic ring is 1. The smallest absolute Gasteiger partial charge is 0.265 e. The van der Waals surface area contributed by atoms with Gasteiger partial charge in [-0.1, -0.05) is 18.2 Å². The Balaban J connectivity index is 1.98. The molecule has 1 atom stereocenters. The highest BCUT2D eigenvalue weighted by molar-refractivity contribution is 7.09. The Morgan fingerprint density at radius 1 is 1.38 bits per heavy atom. The van der Waals surface area contributed by atoms with E-state index in [9.17, 15) is 4.79 Å². The number of carbonyl (C=O) groups excluding carboxylic acids is 1. The summed E-state index contributed by atoms with van der Waals surface area (Å²) in [5.74, 6) is 4.91. The summed E-state index contributed by atoms with van der Waals surface area (Å²) in [6.45, 7) is 3.02. The first-order valence-electron chi connectivity index (χ1n) is 6.92. The first-order valence-corrected chi connectivity index (χ1v) is 7.80. The predicted molar refractivity (Wildman–Crippen MR) is 87.0 cm³/mol. The molecule has 5 heteroatoms. The molecule has 0 saturated heterocycles. The Morgan fingerprint density at radius 3 is 2.86 bits per heavy atom. The molecule has 112 valence electrons. The number of nitrogens with zero attached hydrogens (tertiary/aromatic N) is 1. The molecule has 1 heterocycles. The van der Waals surface area contributed by atoms with Gasteiger partial charge in [-0.2, -0.15) is 0 Å². The summed E-state index contributed by atoms with van der Waals surface area (Å²) in [5.41, 5.74) is 3.86. The van der Waals surface area contributed by atoms with Crippen molar-refractivity contribution in [2.24, 2.45) is 5.84 Å². The summed E-state index contributed by atoms with van der Waals surface area (Å²) in [6.07, 6.45) is 1.04. The third-order valence-electron chi connectivity index (χ3n) is 3.58. The largest absolute Gasteiger partial charge is 0.299 e. The Labute approximate surface area is 129 Å². The van der Waals surface area contributed by atoms with E-state index in [-0.39, 0.29) is 5.91 Å². The second-order valence-corrected chi connectivity index (χ2v) is 6.25. The average molecular weight is 303 g/mol. The van der Waals surface area contributed by atoms with Crippen molar-refractivity contribution in [2.75, 3.05) is 7.05 Å². The fraction of sp³-hybridized carbons (Fsp3) is 0.312. The van der Waals surface area contributed by atoms with Crippen LogP contribution >= 0.6 is 11.3 Å². The molecule has 0 saturated carbocycles. The van der Waals surface area contributed by atoms with E-state index in [1.807, 2.05) is 18.2 Å². The monoisotopic (exact) mass is 303 g/mol. The molecule has 0 fully saturated rings. The molecule has 3 N–H and O–H groups in total. The van der Waals surface area contributed by atoms with Gasteiger partial charge in [-0.3, -0.25) is 15.1 Å². The molecule has 1 aromatic carbocycles. The van der Waals surface area contributed by atoms with Crippen LogP contribution < -0.4 is 11.3 Å². The minimum atomic E-state index is -0.258. The van der Waals surface area contributed by atoms with Gasteiger partial charge in [-0.05, 0) is 49.5 Å². The van der Waals surface area contributed by atoms with E-state index in [0.29, 0.717) is 11.6 Å². The van der Waals surface area contributed by atoms with Gasteiger partial charge >= 0.3 is 0 Å². The summed E-state index contributed by atoms with van der Waals surface area (Å²) in [4.78, 5) is 15.2. The molecule has 2 aromatic rings. The van der Waals surface area contributed by atoms with E-state index >= 15 is 0 Å². The summed E-state index contributed by atoms with van der Waals surface area (Å²) in [7, 11) is 2.11. The summed E-state index contributed by atoms with van der Waals surface area (Å²) >= 11 is 1.79. The van der Waals surface area contributed by atoms with Gasteiger partial charge in [-0.25, -0.2) is 5.84 Å². The lowest BCUT2D eigenvalue weighted by Crippen LogP contribution is -2.31. The zero-order valence-corrected chi connectivity index (χ0v) is 13.2. The quantitative estimate of drug-likeness (QED) is 0.489. The second-order valence-electron chi connectivity index (χ2n) is 5.22. The molecule has 0 aliphatic rings. The third kappa shape index (κ3) is 4.39. The van der Waals surface area contributed by atoms with Crippen molar-refractivity contribution in [2.45, 2.75) is 25.9 Å². The maximum Gasteiger partial charge on any atom is 0.265 e. The van der Waals surface area contributed by atoms with Gasteiger partial charge in [-0.15, -0.1) is 11.3 Å². The predicted octanol–water partition coefficient (Wildman–Crippen LogP) is 2.41. The number of nitrogens with two attached hydrogens (primary N) is 1. The molecule has 21 heavy (non-hydrogen) atoms. The zero-order chi connectivity index (χ0) is 15.2. The normalized spacial score (nSPS) is 12.4. The standard InChI is InChI=1S/C16H21N3OS/c1-12(9-15-7-4-8-21-15)19(2)11-13-5-3-6-14(10-13)16(20)18-17/h3-8,10,12H,9,11,17H2,1-2H3,(H,18,20). The molecule has 0 aliphatic heterocycles. The number of benzene rings is 1. The van der Waals surface area contributed by atoms with Crippen molar-refractivity contribution in [3.63, 3.8) is 0 Å². The number of amides is 1. The lowest BCUT2D eigenvalue weighted by molar-refractivity contribution is 0.0953. The molecule has 2 rings (SSSR count). The van der Waals surface area contributed by atoms with Crippen molar-refractivity contribution < 1.29 is 4.79 Å². The van der Waals surface area contributed by atoms with Crippen LogP contribution in [0, 0.1) is 0 Å². The van der Waals surface area contributed by atoms with Crippen LogP contribution in [0.25, 0.3) is 0 Å². The Bertz CT molecular complexity index is 583. The molecule has 0 radical (unpaired) electrons. The lowest BCUT2D eigenvalue weighted by atomic mass is 10.1. The van der Waals surface area contributed by atoms with E-state index < -0.39 is 0 Å². The number of likely N-dealkylation sites (N-methyl/N-ethyl adjacent to an activating group) is 1. The van der Waals surface area contributed by atoms with Gasteiger partial charge in [0.05, 0.1) is 0 Å². The topological polar surface area (TPSA) is 58.4 Å². The van der Waals surface area contributed by atoms with Crippen LogP contribution in [0.3, 0.4) is 0 Å². The number of hydrazine groups is 1. The van der Waals surface area contributed by atoms with Crippen molar-refractivity contribution in [3.8, 4) is 0 Å². The van der Waals surface area contributed by atoms with Crippen molar-refractivity contribution in [1.29, 1.82) is 0 Å². The molecule has 0 aliphatic carbocycles. The maximum atomic E-state index is 11.5. The van der Waals surface area contributed by atoms with E-state index in [2.05, 4.69) is 41.8 Å². The second kappa shape index (κ2) is 7.36. The average Bonchev–Trinajstić information content (AvgIpc) is 2.99. The molecule has 4 nitrogen and oxygen atoms in total. The summed E-state index contributed by atoms with van der Waals surface area (Å²) in [5, 5.41) is 2.11. The maximum absolute atomic E-state index is 11.5. The SMILES string of the molecule is CC(Cc1cccs1)N(C)Cc1cccc(C(=O)NN)c1. The molecular weight excluding hydrogens is 282 g/mol. The molecule has 1 aromatic heterocycles. The fourth-order valence-electron chi connectivity index (χ4n) is 2.21. The van der Waals surface area contributed by atoms with Crippen molar-refractivity contribution in [1.82, 2.24) is 10.3 Å². The van der Waals surface area contributed by atoms with Crippen LogP contribution in [0.1, 0.15) is 27.7 Å². The molecule has 0 spiro atoms. The highest BCUT2D eigenvalue weighted by Crippen LogP contribution is 2.15. The van der Waals surface area contributed by atoms with E-state index in [4.69, 9.17) is 5.84 Å². The molecule has 1 amide bonds. The van der Waals surface area contributed by atoms with Crippen LogP contribution in [0.2, 0.25) is 0 Å². The van der Waals surface area contributed by atoms with Crippen LogP contribution in [-0.4, -0.2) is 23.9 Å². The van der Waals surface area contributed by atoms with Gasteiger partial charge in [0.1, 0.15) is 0 Å². The summed E-state index contributed by atoms with van der Waals surface area (Å²) in [6, 6.07) is 12.3. The molecular formula is C16H21N3OS. The minimum absolute atomic E-state index is 0.258. The van der Waals surface area contributed by atoms with Crippen molar-refractivity contribution in [3.05, 3.63) is 57.8 Å². The van der Waals surface area contributed by atoms with Gasteiger partial charge in [0, 0.05) is 23.0 Å². The molecule has 1 unspecified atom stereocenters. The summed E-state index contributed by atoms with van der Waals surface area (Å²) < 4.78 is 0. The van der Waals surface area contributed by atoms with E-state index in [1.165, 1.54) is 4.88 Å². The Kier molecular flexibility index (Phi) is 5.50. The van der Waals surface area contributed by atoms with Gasteiger partial charge in [0.25, 0.3) is 5.91 Å². The number of nitrogens with one attached hydrogen (secondary N) is 1. The minimum Gasteiger partial charge on any atom is -0.299 e. The highest BCUT2D eigenvalue weighted by Gasteiger charge is 2.12. The van der Waals surface area contributed by atoms with Gasteiger partial charge in [0.2, 0.25) is 0 Å². The number of thiophene rings is 1. The Hall–Kier alpha value is -1.69. The van der Waals surface area contributed by atoms with Crippen LogP contribution in [0.5, 0.6) is 0 Å². The first-order chi connectivity index (χ1) is 10.1.